The largest absolute Gasteiger partial charge is 0.497 e. The SMILES string of the molecule is COc1cccc(C(Oc2c[c]ccc2)c2ccccc2)c1. The van der Waals surface area contributed by atoms with E-state index in [9.17, 15) is 0 Å². The van der Waals surface area contributed by atoms with Crippen molar-refractivity contribution in [2.75, 3.05) is 7.11 Å². The average Bonchev–Trinajstić information content (AvgIpc) is 2.61. The Morgan fingerprint density at radius 1 is 0.818 bits per heavy atom. The van der Waals surface area contributed by atoms with E-state index in [-0.39, 0.29) is 6.10 Å². The first-order valence-corrected chi connectivity index (χ1v) is 7.18. The van der Waals surface area contributed by atoms with Crippen molar-refractivity contribution in [2.45, 2.75) is 6.10 Å². The zero-order chi connectivity index (χ0) is 15.2. The number of methoxy groups -OCH3 is 1. The number of rotatable bonds is 5. The zero-order valence-corrected chi connectivity index (χ0v) is 12.4. The minimum Gasteiger partial charge on any atom is -0.497 e. The van der Waals surface area contributed by atoms with Crippen LogP contribution in [-0.4, -0.2) is 7.11 Å². The molecule has 2 heteroatoms. The molecule has 3 rings (SSSR count). The second kappa shape index (κ2) is 6.81. The van der Waals surface area contributed by atoms with Crippen LogP contribution in [0.4, 0.5) is 0 Å². The standard InChI is InChI=1S/C20H17O2/c1-21-19-14-8-11-17(15-19)20(16-9-4-2-5-10-16)22-18-12-6-3-7-13-18/h2-6,8-15,20H,1H3. The molecule has 2 nitrogen and oxygen atoms in total. The maximum atomic E-state index is 6.20. The van der Waals surface area contributed by atoms with Gasteiger partial charge < -0.3 is 9.47 Å². The van der Waals surface area contributed by atoms with Gasteiger partial charge in [0.2, 0.25) is 0 Å². The minimum atomic E-state index is -0.188. The van der Waals surface area contributed by atoms with Gasteiger partial charge in [0.15, 0.2) is 0 Å². The molecule has 0 heterocycles. The van der Waals surface area contributed by atoms with E-state index < -0.39 is 0 Å². The molecule has 0 bridgehead atoms. The number of benzene rings is 3. The molecule has 0 amide bonds. The van der Waals surface area contributed by atoms with E-state index in [4.69, 9.17) is 9.47 Å². The summed E-state index contributed by atoms with van der Waals surface area (Å²) in [6, 6.07) is 28.7. The lowest BCUT2D eigenvalue weighted by Gasteiger charge is -2.20. The molecule has 3 aromatic carbocycles. The molecular formula is C20H17O2. The van der Waals surface area contributed by atoms with Crippen LogP contribution in [0.5, 0.6) is 11.5 Å². The fourth-order valence-corrected chi connectivity index (χ4v) is 2.35. The zero-order valence-electron chi connectivity index (χ0n) is 12.4. The summed E-state index contributed by atoms with van der Waals surface area (Å²) < 4.78 is 11.5. The summed E-state index contributed by atoms with van der Waals surface area (Å²) in [6.07, 6.45) is -0.188. The molecule has 1 atom stereocenters. The van der Waals surface area contributed by atoms with Gasteiger partial charge in [0, 0.05) is 5.56 Å². The summed E-state index contributed by atoms with van der Waals surface area (Å²) in [4.78, 5) is 0. The number of hydrogen-bond acceptors (Lipinski definition) is 2. The van der Waals surface area contributed by atoms with Crippen LogP contribution >= 0.6 is 0 Å². The molecule has 0 aromatic heterocycles. The third-order valence-corrected chi connectivity index (χ3v) is 3.43. The molecule has 3 aromatic rings. The van der Waals surface area contributed by atoms with Gasteiger partial charge in [0.1, 0.15) is 17.6 Å². The van der Waals surface area contributed by atoms with Crippen molar-refractivity contribution in [3.8, 4) is 11.5 Å². The molecular weight excluding hydrogens is 272 g/mol. The average molecular weight is 289 g/mol. The minimum absolute atomic E-state index is 0.188. The van der Waals surface area contributed by atoms with Crippen molar-refractivity contribution in [1.29, 1.82) is 0 Å². The smallest absolute Gasteiger partial charge is 0.149 e. The Morgan fingerprint density at radius 3 is 2.32 bits per heavy atom. The van der Waals surface area contributed by atoms with E-state index in [1.807, 2.05) is 66.7 Å². The molecule has 0 fully saturated rings. The van der Waals surface area contributed by atoms with Crippen molar-refractivity contribution in [3.63, 3.8) is 0 Å². The molecule has 0 saturated carbocycles. The highest BCUT2D eigenvalue weighted by molar-refractivity contribution is 5.37. The van der Waals surface area contributed by atoms with E-state index in [1.165, 1.54) is 0 Å². The first kappa shape index (κ1) is 14.2. The normalized spacial score (nSPS) is 11.7. The van der Waals surface area contributed by atoms with Crippen LogP contribution in [-0.2, 0) is 0 Å². The molecule has 0 N–H and O–H groups in total. The van der Waals surface area contributed by atoms with Crippen LogP contribution < -0.4 is 9.47 Å². The van der Waals surface area contributed by atoms with Gasteiger partial charge >= 0.3 is 0 Å². The van der Waals surface area contributed by atoms with Crippen LogP contribution in [0.1, 0.15) is 17.2 Å². The first-order valence-electron chi connectivity index (χ1n) is 7.18. The van der Waals surface area contributed by atoms with E-state index in [1.54, 1.807) is 7.11 Å². The highest BCUT2D eigenvalue weighted by Crippen LogP contribution is 2.30. The van der Waals surface area contributed by atoms with Crippen LogP contribution in [0.3, 0.4) is 0 Å². The third-order valence-electron chi connectivity index (χ3n) is 3.43. The Bertz CT molecular complexity index is 708. The molecule has 0 spiro atoms. The van der Waals surface area contributed by atoms with Gasteiger partial charge in [-0.05, 0) is 35.9 Å². The Balaban J connectivity index is 1.99. The van der Waals surface area contributed by atoms with Crippen molar-refractivity contribution in [1.82, 2.24) is 0 Å². The molecule has 1 unspecified atom stereocenters. The summed E-state index contributed by atoms with van der Waals surface area (Å²) in [6.45, 7) is 0. The Labute approximate surface area is 131 Å². The molecule has 0 aliphatic heterocycles. The molecule has 22 heavy (non-hydrogen) atoms. The highest BCUT2D eigenvalue weighted by atomic mass is 16.5. The summed E-state index contributed by atoms with van der Waals surface area (Å²) in [5.41, 5.74) is 2.15. The number of ether oxygens (including phenoxy) is 2. The Hall–Kier alpha value is -2.74. The van der Waals surface area contributed by atoms with Gasteiger partial charge in [-0.15, -0.1) is 0 Å². The Morgan fingerprint density at radius 2 is 1.59 bits per heavy atom. The predicted molar refractivity (Wildman–Crippen MR) is 87.2 cm³/mol. The lowest BCUT2D eigenvalue weighted by Crippen LogP contribution is -2.09. The van der Waals surface area contributed by atoms with Gasteiger partial charge in [-0.3, -0.25) is 0 Å². The summed E-state index contributed by atoms with van der Waals surface area (Å²) in [5, 5.41) is 0. The maximum Gasteiger partial charge on any atom is 0.149 e. The van der Waals surface area contributed by atoms with Crippen LogP contribution in [0.25, 0.3) is 0 Å². The lowest BCUT2D eigenvalue weighted by molar-refractivity contribution is 0.246. The van der Waals surface area contributed by atoms with Gasteiger partial charge in [-0.1, -0.05) is 54.6 Å². The second-order valence-corrected chi connectivity index (χ2v) is 4.92. The van der Waals surface area contributed by atoms with Gasteiger partial charge in [-0.2, -0.15) is 0 Å². The summed E-state index contributed by atoms with van der Waals surface area (Å²) in [7, 11) is 1.67. The number of hydrogen-bond donors (Lipinski definition) is 0. The lowest BCUT2D eigenvalue weighted by atomic mass is 10.0. The fraction of sp³-hybridized carbons (Fsp3) is 0.100. The maximum absolute atomic E-state index is 6.20. The first-order chi connectivity index (χ1) is 10.9. The quantitative estimate of drug-likeness (QED) is 0.680. The van der Waals surface area contributed by atoms with Crippen molar-refractivity contribution in [3.05, 3.63) is 96.1 Å². The summed E-state index contributed by atoms with van der Waals surface area (Å²) >= 11 is 0. The molecule has 0 aliphatic carbocycles. The topological polar surface area (TPSA) is 18.5 Å². The van der Waals surface area contributed by atoms with E-state index in [0.717, 1.165) is 22.6 Å². The van der Waals surface area contributed by atoms with Gasteiger partial charge in [0.25, 0.3) is 0 Å². The van der Waals surface area contributed by atoms with Crippen LogP contribution in [0.15, 0.2) is 78.9 Å². The van der Waals surface area contributed by atoms with E-state index in [0.29, 0.717) is 0 Å². The molecule has 109 valence electrons. The molecule has 0 aliphatic rings. The van der Waals surface area contributed by atoms with Crippen LogP contribution in [0.2, 0.25) is 0 Å². The van der Waals surface area contributed by atoms with Crippen molar-refractivity contribution in [2.24, 2.45) is 0 Å². The molecule has 1 radical (unpaired) electrons. The van der Waals surface area contributed by atoms with Gasteiger partial charge in [-0.25, -0.2) is 0 Å². The highest BCUT2D eigenvalue weighted by Gasteiger charge is 2.16. The second-order valence-electron chi connectivity index (χ2n) is 4.92. The van der Waals surface area contributed by atoms with E-state index in [2.05, 4.69) is 18.2 Å². The van der Waals surface area contributed by atoms with E-state index >= 15 is 0 Å². The van der Waals surface area contributed by atoms with Crippen molar-refractivity contribution >= 4 is 0 Å². The molecule has 0 saturated heterocycles. The monoisotopic (exact) mass is 289 g/mol. The Kier molecular flexibility index (Phi) is 4.40. The third kappa shape index (κ3) is 3.29. The fourth-order valence-electron chi connectivity index (χ4n) is 2.35. The van der Waals surface area contributed by atoms with Crippen molar-refractivity contribution < 1.29 is 9.47 Å². The van der Waals surface area contributed by atoms with Gasteiger partial charge in [0.05, 0.1) is 7.11 Å². The van der Waals surface area contributed by atoms with Crippen LogP contribution in [0, 0.1) is 6.07 Å². The summed E-state index contributed by atoms with van der Waals surface area (Å²) in [5.74, 6) is 1.61. The predicted octanol–water partition coefficient (Wildman–Crippen LogP) is 4.66.